The number of halogens is 1. The van der Waals surface area contributed by atoms with Crippen molar-refractivity contribution < 1.29 is 14.1 Å². The highest BCUT2D eigenvalue weighted by atomic mass is 19.1. The van der Waals surface area contributed by atoms with Gasteiger partial charge in [-0.15, -0.1) is 0 Å². The largest absolute Gasteiger partial charge is 0.335 e. The predicted molar refractivity (Wildman–Crippen MR) is 62.3 cm³/mol. The van der Waals surface area contributed by atoms with Gasteiger partial charge in [0, 0.05) is 5.56 Å². The summed E-state index contributed by atoms with van der Waals surface area (Å²) in [5, 5.41) is 0. The fourth-order valence-corrected chi connectivity index (χ4v) is 1.67. The van der Waals surface area contributed by atoms with E-state index in [2.05, 4.69) is 13.8 Å². The van der Waals surface area contributed by atoms with Crippen molar-refractivity contribution >= 4 is 5.78 Å². The molecule has 0 saturated heterocycles. The molecule has 2 nitrogen and oxygen atoms in total. The van der Waals surface area contributed by atoms with E-state index in [1.807, 2.05) is 0 Å². The zero-order chi connectivity index (χ0) is 12.0. The minimum Gasteiger partial charge on any atom is -0.335 e. The van der Waals surface area contributed by atoms with Crippen LogP contribution in [0.3, 0.4) is 0 Å². The molecular formula is C13H19FNO+. The molecule has 0 aliphatic rings. The number of benzene rings is 1. The number of rotatable bonds is 6. The van der Waals surface area contributed by atoms with Gasteiger partial charge < -0.3 is 4.90 Å². The van der Waals surface area contributed by atoms with Crippen molar-refractivity contribution in [3.05, 3.63) is 35.6 Å². The van der Waals surface area contributed by atoms with Crippen LogP contribution in [0, 0.1) is 5.82 Å². The van der Waals surface area contributed by atoms with Crippen LogP contribution in [-0.2, 0) is 0 Å². The normalized spacial score (nSPS) is 10.8. The first-order valence-corrected chi connectivity index (χ1v) is 5.79. The van der Waals surface area contributed by atoms with Crippen LogP contribution in [0.15, 0.2) is 24.3 Å². The van der Waals surface area contributed by atoms with Gasteiger partial charge in [0.15, 0.2) is 5.78 Å². The van der Waals surface area contributed by atoms with Crippen LogP contribution in [-0.4, -0.2) is 25.4 Å². The van der Waals surface area contributed by atoms with Crippen molar-refractivity contribution in [1.29, 1.82) is 0 Å². The first kappa shape index (κ1) is 12.8. The Morgan fingerprint density at radius 3 is 2.25 bits per heavy atom. The molecule has 16 heavy (non-hydrogen) atoms. The SMILES string of the molecule is CC[NH+](CC)CCC(=O)c1ccc(F)cc1. The molecule has 1 N–H and O–H groups in total. The molecule has 0 aromatic heterocycles. The number of Topliss-reactive ketones (excluding diaryl/α,β-unsaturated/α-hetero) is 1. The summed E-state index contributed by atoms with van der Waals surface area (Å²) in [4.78, 5) is 13.2. The van der Waals surface area contributed by atoms with Crippen molar-refractivity contribution in [1.82, 2.24) is 0 Å². The van der Waals surface area contributed by atoms with Gasteiger partial charge >= 0.3 is 0 Å². The van der Waals surface area contributed by atoms with E-state index in [0.29, 0.717) is 12.0 Å². The Morgan fingerprint density at radius 2 is 1.75 bits per heavy atom. The summed E-state index contributed by atoms with van der Waals surface area (Å²) in [5.41, 5.74) is 0.605. The van der Waals surface area contributed by atoms with E-state index < -0.39 is 0 Å². The molecule has 1 rings (SSSR count). The maximum Gasteiger partial charge on any atom is 0.168 e. The summed E-state index contributed by atoms with van der Waals surface area (Å²) >= 11 is 0. The van der Waals surface area contributed by atoms with Crippen molar-refractivity contribution in [2.75, 3.05) is 19.6 Å². The van der Waals surface area contributed by atoms with E-state index in [1.165, 1.54) is 17.0 Å². The summed E-state index contributed by atoms with van der Waals surface area (Å²) in [7, 11) is 0. The van der Waals surface area contributed by atoms with Crippen molar-refractivity contribution in [2.45, 2.75) is 20.3 Å². The van der Waals surface area contributed by atoms with Crippen LogP contribution in [0.25, 0.3) is 0 Å². The summed E-state index contributed by atoms with van der Waals surface area (Å²) in [5.74, 6) is -0.203. The lowest BCUT2D eigenvalue weighted by Gasteiger charge is -2.14. The van der Waals surface area contributed by atoms with Crippen LogP contribution in [0.5, 0.6) is 0 Å². The minimum absolute atomic E-state index is 0.0967. The number of carbonyl (C=O) groups excluding carboxylic acids is 1. The summed E-state index contributed by atoms with van der Waals surface area (Å²) in [6.07, 6.45) is 0.530. The number of hydrogen-bond donors (Lipinski definition) is 1. The van der Waals surface area contributed by atoms with E-state index in [4.69, 9.17) is 0 Å². The summed E-state index contributed by atoms with van der Waals surface area (Å²) in [6, 6.07) is 5.76. The maximum atomic E-state index is 12.7. The van der Waals surface area contributed by atoms with Crippen LogP contribution in [0.1, 0.15) is 30.6 Å². The first-order valence-electron chi connectivity index (χ1n) is 5.79. The van der Waals surface area contributed by atoms with Gasteiger partial charge in [0.1, 0.15) is 5.82 Å². The molecular weight excluding hydrogens is 205 g/mol. The second kappa shape index (κ2) is 6.38. The molecule has 0 unspecified atom stereocenters. The Kier molecular flexibility index (Phi) is 5.12. The number of nitrogens with one attached hydrogen (secondary N) is 1. The quantitative estimate of drug-likeness (QED) is 0.723. The van der Waals surface area contributed by atoms with Crippen LogP contribution >= 0.6 is 0 Å². The Hall–Kier alpha value is -1.22. The Labute approximate surface area is 96.1 Å². The van der Waals surface area contributed by atoms with Gasteiger partial charge in [-0.1, -0.05) is 0 Å². The minimum atomic E-state index is -0.300. The van der Waals surface area contributed by atoms with E-state index in [1.54, 1.807) is 12.1 Å². The Morgan fingerprint density at radius 1 is 1.19 bits per heavy atom. The number of carbonyl (C=O) groups is 1. The van der Waals surface area contributed by atoms with E-state index in [0.717, 1.165) is 19.6 Å². The standard InChI is InChI=1S/C13H18FNO/c1-3-15(4-2)10-9-13(16)11-5-7-12(14)8-6-11/h5-8H,3-4,9-10H2,1-2H3/p+1. The topological polar surface area (TPSA) is 21.5 Å². The first-order chi connectivity index (χ1) is 7.67. The third-order valence-electron chi connectivity index (χ3n) is 2.87. The third kappa shape index (κ3) is 3.74. The van der Waals surface area contributed by atoms with Crippen molar-refractivity contribution in [3.63, 3.8) is 0 Å². The fourth-order valence-electron chi connectivity index (χ4n) is 1.67. The van der Waals surface area contributed by atoms with Crippen LogP contribution < -0.4 is 4.90 Å². The van der Waals surface area contributed by atoms with E-state index >= 15 is 0 Å². The zero-order valence-electron chi connectivity index (χ0n) is 9.92. The van der Waals surface area contributed by atoms with Gasteiger partial charge in [-0.05, 0) is 38.1 Å². The van der Waals surface area contributed by atoms with Gasteiger partial charge in [-0.2, -0.15) is 0 Å². The second-order valence-electron chi connectivity index (χ2n) is 3.89. The lowest BCUT2D eigenvalue weighted by atomic mass is 10.1. The highest BCUT2D eigenvalue weighted by Gasteiger charge is 2.09. The molecule has 0 saturated carbocycles. The molecule has 0 heterocycles. The molecule has 1 aromatic carbocycles. The molecule has 88 valence electrons. The third-order valence-corrected chi connectivity index (χ3v) is 2.87. The maximum absolute atomic E-state index is 12.7. The molecule has 3 heteroatoms. The van der Waals surface area contributed by atoms with Crippen LogP contribution in [0.4, 0.5) is 4.39 Å². The molecule has 0 aliphatic carbocycles. The van der Waals surface area contributed by atoms with Gasteiger partial charge in [-0.3, -0.25) is 4.79 Å². The van der Waals surface area contributed by atoms with E-state index in [9.17, 15) is 9.18 Å². The molecule has 0 atom stereocenters. The molecule has 0 aliphatic heterocycles. The predicted octanol–water partition coefficient (Wildman–Crippen LogP) is 1.32. The van der Waals surface area contributed by atoms with Gasteiger partial charge in [0.2, 0.25) is 0 Å². The molecule has 1 aromatic rings. The van der Waals surface area contributed by atoms with Crippen molar-refractivity contribution in [2.24, 2.45) is 0 Å². The van der Waals surface area contributed by atoms with Gasteiger partial charge in [-0.25, -0.2) is 4.39 Å². The smallest absolute Gasteiger partial charge is 0.168 e. The lowest BCUT2D eigenvalue weighted by Crippen LogP contribution is -3.11. The highest BCUT2D eigenvalue weighted by molar-refractivity contribution is 5.96. The average Bonchev–Trinajstić information content (AvgIpc) is 2.31. The highest BCUT2D eigenvalue weighted by Crippen LogP contribution is 2.04. The fraction of sp³-hybridized carbons (Fsp3) is 0.462. The number of quaternary nitrogens is 1. The van der Waals surface area contributed by atoms with Gasteiger partial charge in [0.05, 0.1) is 26.1 Å². The second-order valence-corrected chi connectivity index (χ2v) is 3.89. The number of ketones is 1. The zero-order valence-corrected chi connectivity index (χ0v) is 9.92. The number of hydrogen-bond acceptors (Lipinski definition) is 1. The molecule has 0 fully saturated rings. The van der Waals surface area contributed by atoms with Gasteiger partial charge in [0.25, 0.3) is 0 Å². The monoisotopic (exact) mass is 224 g/mol. The molecule has 0 spiro atoms. The Bertz CT molecular complexity index is 330. The summed E-state index contributed by atoms with van der Waals surface area (Å²) < 4.78 is 12.7. The molecule has 0 bridgehead atoms. The Balaban J connectivity index is 2.49. The van der Waals surface area contributed by atoms with Crippen molar-refractivity contribution in [3.8, 4) is 0 Å². The van der Waals surface area contributed by atoms with Crippen LogP contribution in [0.2, 0.25) is 0 Å². The molecule has 0 amide bonds. The molecule has 0 radical (unpaired) electrons. The lowest BCUT2D eigenvalue weighted by molar-refractivity contribution is -0.895. The van der Waals surface area contributed by atoms with E-state index in [-0.39, 0.29) is 11.6 Å². The summed E-state index contributed by atoms with van der Waals surface area (Å²) in [6.45, 7) is 7.14. The average molecular weight is 224 g/mol.